The van der Waals surface area contributed by atoms with E-state index in [-0.39, 0.29) is 17.9 Å². The van der Waals surface area contributed by atoms with Gasteiger partial charge in [-0.1, -0.05) is 42.5 Å². The molecule has 1 atom stereocenters. The summed E-state index contributed by atoms with van der Waals surface area (Å²) in [7, 11) is 3.59. The van der Waals surface area contributed by atoms with Gasteiger partial charge in [0.05, 0.1) is 12.7 Å². The van der Waals surface area contributed by atoms with Crippen molar-refractivity contribution in [2.24, 2.45) is 5.92 Å². The van der Waals surface area contributed by atoms with Gasteiger partial charge in [-0.15, -0.1) is 0 Å². The van der Waals surface area contributed by atoms with Crippen molar-refractivity contribution in [1.29, 1.82) is 0 Å². The first-order valence-electron chi connectivity index (χ1n) is 12.3. The van der Waals surface area contributed by atoms with Crippen LogP contribution in [0.25, 0.3) is 0 Å². The molecular formula is C29H34N2O3S. The van der Waals surface area contributed by atoms with Gasteiger partial charge in [0.15, 0.2) is 0 Å². The number of likely N-dealkylation sites (N-methyl/N-ethyl adjacent to an activating group) is 1. The zero-order valence-electron chi connectivity index (χ0n) is 20.6. The summed E-state index contributed by atoms with van der Waals surface area (Å²) in [5, 5.41) is 3.85. The Morgan fingerprint density at radius 3 is 2.49 bits per heavy atom. The lowest BCUT2D eigenvalue weighted by Gasteiger charge is -2.40. The van der Waals surface area contributed by atoms with Crippen LogP contribution in [0.1, 0.15) is 40.7 Å². The highest BCUT2D eigenvalue weighted by atomic mass is 32.1. The quantitative estimate of drug-likeness (QED) is 0.408. The molecule has 1 aliphatic rings. The molecule has 1 aliphatic heterocycles. The van der Waals surface area contributed by atoms with Gasteiger partial charge in [0, 0.05) is 38.0 Å². The van der Waals surface area contributed by atoms with Crippen LogP contribution in [0.3, 0.4) is 0 Å². The zero-order chi connectivity index (χ0) is 24.6. The number of thiophene rings is 1. The number of hydrogen-bond acceptors (Lipinski definition) is 4. The number of ether oxygens (including phenoxy) is 1. The van der Waals surface area contributed by atoms with Crippen LogP contribution < -0.4 is 4.74 Å². The molecule has 0 N–H and O–H groups in total. The van der Waals surface area contributed by atoms with Gasteiger partial charge in [-0.3, -0.25) is 9.59 Å². The minimum absolute atomic E-state index is 0.0519. The van der Waals surface area contributed by atoms with Gasteiger partial charge < -0.3 is 14.5 Å². The van der Waals surface area contributed by atoms with Crippen LogP contribution >= 0.6 is 11.3 Å². The Labute approximate surface area is 212 Å². The number of carbonyl (C=O) groups excluding carboxylic acids is 2. The molecule has 0 bridgehead atoms. The molecule has 1 aromatic heterocycles. The first kappa shape index (κ1) is 25.0. The van der Waals surface area contributed by atoms with E-state index in [1.807, 2.05) is 64.0 Å². The van der Waals surface area contributed by atoms with Gasteiger partial charge in [-0.2, -0.15) is 11.3 Å². The smallest absolute Gasteiger partial charge is 0.254 e. The van der Waals surface area contributed by atoms with Crippen LogP contribution in [0.4, 0.5) is 0 Å². The van der Waals surface area contributed by atoms with Gasteiger partial charge in [-0.25, -0.2) is 0 Å². The lowest BCUT2D eigenvalue weighted by molar-refractivity contribution is -0.132. The number of rotatable bonds is 9. The number of benzene rings is 2. The van der Waals surface area contributed by atoms with Crippen molar-refractivity contribution >= 4 is 23.2 Å². The van der Waals surface area contributed by atoms with E-state index in [4.69, 9.17) is 4.74 Å². The van der Waals surface area contributed by atoms with Crippen molar-refractivity contribution in [3.63, 3.8) is 0 Å². The van der Waals surface area contributed by atoms with E-state index in [9.17, 15) is 9.59 Å². The predicted molar refractivity (Wildman–Crippen MR) is 141 cm³/mol. The molecule has 2 heterocycles. The van der Waals surface area contributed by atoms with E-state index in [1.54, 1.807) is 7.11 Å². The Kier molecular flexibility index (Phi) is 8.59. The van der Waals surface area contributed by atoms with E-state index >= 15 is 0 Å². The fourth-order valence-corrected chi connectivity index (χ4v) is 5.62. The van der Waals surface area contributed by atoms with E-state index in [0.29, 0.717) is 12.3 Å². The first-order chi connectivity index (χ1) is 17.0. The maximum Gasteiger partial charge on any atom is 0.254 e. The number of likely N-dealkylation sites (tertiary alicyclic amines) is 1. The second-order valence-electron chi connectivity index (χ2n) is 9.25. The zero-order valence-corrected chi connectivity index (χ0v) is 21.4. The average molecular weight is 491 g/mol. The molecule has 5 nitrogen and oxygen atoms in total. The van der Waals surface area contributed by atoms with E-state index in [1.165, 1.54) is 16.9 Å². The van der Waals surface area contributed by atoms with Gasteiger partial charge in [0.1, 0.15) is 5.75 Å². The molecule has 35 heavy (non-hydrogen) atoms. The van der Waals surface area contributed by atoms with Crippen LogP contribution in [0.15, 0.2) is 71.4 Å². The highest BCUT2D eigenvalue weighted by Crippen LogP contribution is 2.29. The average Bonchev–Trinajstić information content (AvgIpc) is 3.45. The molecular weight excluding hydrogens is 456 g/mol. The summed E-state index contributed by atoms with van der Waals surface area (Å²) in [6.07, 6.45) is 3.87. The summed E-state index contributed by atoms with van der Waals surface area (Å²) < 4.78 is 5.42. The minimum atomic E-state index is 0.0519. The van der Waals surface area contributed by atoms with Crippen LogP contribution in [0, 0.1) is 5.92 Å². The third kappa shape index (κ3) is 6.51. The normalized spacial score (nSPS) is 15.0. The minimum Gasteiger partial charge on any atom is -0.497 e. The lowest BCUT2D eigenvalue weighted by Crippen LogP contribution is -2.48. The van der Waals surface area contributed by atoms with Crippen molar-refractivity contribution in [3.05, 3.63) is 88.1 Å². The Morgan fingerprint density at radius 1 is 1.06 bits per heavy atom. The van der Waals surface area contributed by atoms with Crippen molar-refractivity contribution in [1.82, 2.24) is 9.80 Å². The number of aryl methyl sites for hydroxylation is 1. The Bertz CT molecular complexity index is 1090. The Balaban J connectivity index is 1.42. The summed E-state index contributed by atoms with van der Waals surface area (Å²) in [6, 6.07) is 20.2. The topological polar surface area (TPSA) is 49.9 Å². The number of methoxy groups -OCH3 is 1. The first-order valence-corrected chi connectivity index (χ1v) is 13.2. The summed E-state index contributed by atoms with van der Waals surface area (Å²) in [6.45, 7) is 1.49. The summed E-state index contributed by atoms with van der Waals surface area (Å²) >= 11 is 1.54. The molecule has 2 amide bonds. The molecule has 0 spiro atoms. The Hall–Kier alpha value is -3.12. The molecule has 1 fully saturated rings. The molecule has 0 unspecified atom stereocenters. The largest absolute Gasteiger partial charge is 0.497 e. The fraction of sp³-hybridized carbons (Fsp3) is 0.379. The SMILES string of the molecule is COc1cccc(C[C@H](C2CCN(C(=O)CCc3ccccc3)CC2)N(C)C(=O)c2ccsc2)c1. The fourth-order valence-electron chi connectivity index (χ4n) is 4.99. The second kappa shape index (κ2) is 12.0. The van der Waals surface area contributed by atoms with Crippen LogP contribution in [-0.2, 0) is 17.6 Å². The summed E-state index contributed by atoms with van der Waals surface area (Å²) in [4.78, 5) is 30.0. The highest BCUT2D eigenvalue weighted by molar-refractivity contribution is 7.08. The molecule has 6 heteroatoms. The highest BCUT2D eigenvalue weighted by Gasteiger charge is 2.33. The summed E-state index contributed by atoms with van der Waals surface area (Å²) in [5.41, 5.74) is 3.09. The molecule has 4 rings (SSSR count). The molecule has 1 saturated heterocycles. The molecule has 184 valence electrons. The predicted octanol–water partition coefficient (Wildman–Crippen LogP) is 5.31. The van der Waals surface area contributed by atoms with Crippen LogP contribution in [0.2, 0.25) is 0 Å². The van der Waals surface area contributed by atoms with E-state index in [0.717, 1.165) is 55.6 Å². The van der Waals surface area contributed by atoms with Gasteiger partial charge in [0.2, 0.25) is 5.91 Å². The van der Waals surface area contributed by atoms with Crippen molar-refractivity contribution in [3.8, 4) is 5.75 Å². The second-order valence-corrected chi connectivity index (χ2v) is 10.0. The number of hydrogen-bond donors (Lipinski definition) is 0. The van der Waals surface area contributed by atoms with E-state index < -0.39 is 0 Å². The maximum absolute atomic E-state index is 13.2. The van der Waals surface area contributed by atoms with Crippen molar-refractivity contribution < 1.29 is 14.3 Å². The molecule has 2 aromatic carbocycles. The lowest BCUT2D eigenvalue weighted by atomic mass is 9.84. The number of piperidine rings is 1. The third-order valence-electron chi connectivity index (χ3n) is 7.07. The van der Waals surface area contributed by atoms with Crippen molar-refractivity contribution in [2.45, 2.75) is 38.1 Å². The number of carbonyl (C=O) groups is 2. The molecule has 0 saturated carbocycles. The Morgan fingerprint density at radius 2 is 1.80 bits per heavy atom. The monoisotopic (exact) mass is 490 g/mol. The van der Waals surface area contributed by atoms with Crippen molar-refractivity contribution in [2.75, 3.05) is 27.2 Å². The molecule has 0 aliphatic carbocycles. The molecule has 3 aromatic rings. The van der Waals surface area contributed by atoms with Gasteiger partial charge in [0.25, 0.3) is 5.91 Å². The van der Waals surface area contributed by atoms with Gasteiger partial charge >= 0.3 is 0 Å². The number of amides is 2. The van der Waals surface area contributed by atoms with Crippen LogP contribution in [-0.4, -0.2) is 54.9 Å². The standard InChI is InChI=1S/C29H34N2O3S/c1-30(29(33)25-15-18-35-21-25)27(20-23-9-6-10-26(19-23)34-2)24-13-16-31(17-14-24)28(32)12-11-22-7-4-3-5-8-22/h3-10,15,18-19,21,24,27H,11-14,16-17,20H2,1-2H3/t27-/m1/s1. The third-order valence-corrected chi connectivity index (χ3v) is 7.76. The summed E-state index contributed by atoms with van der Waals surface area (Å²) in [5.74, 6) is 1.43. The van der Waals surface area contributed by atoms with Crippen LogP contribution in [0.5, 0.6) is 5.75 Å². The van der Waals surface area contributed by atoms with Gasteiger partial charge in [-0.05, 0) is 66.3 Å². The maximum atomic E-state index is 13.2. The van der Waals surface area contributed by atoms with E-state index in [2.05, 4.69) is 24.3 Å². The number of nitrogens with zero attached hydrogens (tertiary/aromatic N) is 2. The molecule has 0 radical (unpaired) electrons.